The minimum atomic E-state index is -4.05. The minimum Gasteiger partial charge on any atom is -0.481 e. The summed E-state index contributed by atoms with van der Waals surface area (Å²) >= 11 is 11.9. The van der Waals surface area contributed by atoms with Gasteiger partial charge in [0.15, 0.2) is 0 Å². The molecule has 0 aliphatic heterocycles. The van der Waals surface area contributed by atoms with Gasteiger partial charge in [-0.05, 0) is 48.9 Å². The summed E-state index contributed by atoms with van der Waals surface area (Å²) in [6, 6.07) is 8.62. The molecular weight excluding hydrogens is 392 g/mol. The molecule has 134 valence electrons. The number of hydrogen-bond acceptors (Lipinski definition) is 3. The van der Waals surface area contributed by atoms with Crippen LogP contribution in [0.4, 0.5) is 10.1 Å². The SMILES string of the molecule is O=C(O)CCCN(c1cc(Cl)cc(Cl)c1)S(=O)(=O)c1ccc(F)cc1. The van der Waals surface area contributed by atoms with Crippen molar-refractivity contribution in [2.75, 3.05) is 10.8 Å². The quantitative estimate of drug-likeness (QED) is 0.748. The van der Waals surface area contributed by atoms with Crippen LogP contribution in [-0.2, 0) is 14.8 Å². The van der Waals surface area contributed by atoms with E-state index in [1.165, 1.54) is 18.2 Å². The smallest absolute Gasteiger partial charge is 0.303 e. The van der Waals surface area contributed by atoms with E-state index in [1.807, 2.05) is 0 Å². The predicted molar refractivity (Wildman–Crippen MR) is 94.3 cm³/mol. The maximum absolute atomic E-state index is 13.1. The van der Waals surface area contributed by atoms with Gasteiger partial charge in [0.05, 0.1) is 10.6 Å². The van der Waals surface area contributed by atoms with Crippen molar-refractivity contribution >= 4 is 44.9 Å². The summed E-state index contributed by atoms with van der Waals surface area (Å²) in [5, 5.41) is 9.26. The van der Waals surface area contributed by atoms with E-state index in [-0.39, 0.29) is 40.0 Å². The fourth-order valence-corrected chi connectivity index (χ4v) is 4.18. The van der Waals surface area contributed by atoms with Gasteiger partial charge in [-0.2, -0.15) is 0 Å². The summed E-state index contributed by atoms with van der Waals surface area (Å²) in [5.74, 6) is -1.61. The van der Waals surface area contributed by atoms with Gasteiger partial charge in [-0.25, -0.2) is 12.8 Å². The first kappa shape index (κ1) is 19.5. The van der Waals surface area contributed by atoms with Gasteiger partial charge in [0.25, 0.3) is 10.0 Å². The molecule has 5 nitrogen and oxygen atoms in total. The topological polar surface area (TPSA) is 74.7 Å². The second-order valence-electron chi connectivity index (χ2n) is 5.16. The van der Waals surface area contributed by atoms with Crippen LogP contribution >= 0.6 is 23.2 Å². The molecule has 0 fully saturated rings. The number of aliphatic carboxylic acids is 1. The van der Waals surface area contributed by atoms with Crippen LogP contribution in [0.15, 0.2) is 47.4 Å². The number of carbonyl (C=O) groups is 1. The van der Waals surface area contributed by atoms with Gasteiger partial charge in [-0.3, -0.25) is 9.10 Å². The molecule has 0 unspecified atom stereocenters. The Labute approximate surface area is 154 Å². The van der Waals surface area contributed by atoms with Gasteiger partial charge in [0, 0.05) is 23.0 Å². The highest BCUT2D eigenvalue weighted by molar-refractivity contribution is 7.92. The summed E-state index contributed by atoms with van der Waals surface area (Å²) in [7, 11) is -4.05. The average molecular weight is 406 g/mol. The summed E-state index contributed by atoms with van der Waals surface area (Å²) in [6.07, 6.45) is -0.121. The van der Waals surface area contributed by atoms with E-state index in [2.05, 4.69) is 0 Å². The van der Waals surface area contributed by atoms with Crippen LogP contribution in [0.3, 0.4) is 0 Å². The van der Waals surface area contributed by atoms with E-state index in [9.17, 15) is 17.6 Å². The minimum absolute atomic E-state index is 0.0832. The average Bonchev–Trinajstić information content (AvgIpc) is 2.50. The number of sulfonamides is 1. The van der Waals surface area contributed by atoms with Crippen LogP contribution < -0.4 is 4.31 Å². The second-order valence-corrected chi connectivity index (χ2v) is 7.89. The standard InChI is InChI=1S/C16H14Cl2FNO4S/c17-11-8-12(18)10-14(9-11)20(7-1-2-16(21)22)25(23,24)15-5-3-13(19)4-6-15/h3-6,8-10H,1-2,7H2,(H,21,22). The highest BCUT2D eigenvalue weighted by Crippen LogP contribution is 2.30. The van der Waals surface area contributed by atoms with Crippen molar-refractivity contribution < 1.29 is 22.7 Å². The lowest BCUT2D eigenvalue weighted by atomic mass is 10.3. The van der Waals surface area contributed by atoms with E-state index in [0.29, 0.717) is 0 Å². The third kappa shape index (κ3) is 5.07. The Morgan fingerprint density at radius 2 is 1.64 bits per heavy atom. The molecule has 25 heavy (non-hydrogen) atoms. The van der Waals surface area contributed by atoms with Crippen LogP contribution in [0.1, 0.15) is 12.8 Å². The zero-order valence-corrected chi connectivity index (χ0v) is 15.2. The van der Waals surface area contributed by atoms with Crippen LogP contribution in [0.2, 0.25) is 10.0 Å². The molecule has 0 bridgehead atoms. The Morgan fingerprint density at radius 1 is 1.08 bits per heavy atom. The fourth-order valence-electron chi connectivity index (χ4n) is 2.18. The predicted octanol–water partition coefficient (Wildman–Crippen LogP) is 4.19. The Hall–Kier alpha value is -1.83. The number of benzene rings is 2. The Balaban J connectivity index is 2.45. The molecule has 2 aromatic rings. The molecule has 2 rings (SSSR count). The van der Waals surface area contributed by atoms with Crippen molar-refractivity contribution in [3.8, 4) is 0 Å². The van der Waals surface area contributed by atoms with Crippen molar-refractivity contribution in [1.29, 1.82) is 0 Å². The zero-order valence-electron chi connectivity index (χ0n) is 12.8. The van der Waals surface area contributed by atoms with Crippen molar-refractivity contribution in [2.45, 2.75) is 17.7 Å². The molecule has 0 aliphatic rings. The van der Waals surface area contributed by atoms with E-state index in [4.69, 9.17) is 28.3 Å². The van der Waals surface area contributed by atoms with E-state index < -0.39 is 21.8 Å². The molecule has 1 N–H and O–H groups in total. The van der Waals surface area contributed by atoms with E-state index >= 15 is 0 Å². The van der Waals surface area contributed by atoms with Crippen LogP contribution in [0.5, 0.6) is 0 Å². The first-order chi connectivity index (χ1) is 11.7. The number of carboxylic acid groups (broad SMARTS) is 1. The first-order valence-electron chi connectivity index (χ1n) is 7.16. The molecular formula is C16H14Cl2FNO4S. The maximum Gasteiger partial charge on any atom is 0.303 e. The third-order valence-corrected chi connectivity index (χ3v) is 5.57. The van der Waals surface area contributed by atoms with E-state index in [0.717, 1.165) is 28.6 Å². The molecule has 0 aliphatic carbocycles. The maximum atomic E-state index is 13.1. The second kappa shape index (κ2) is 8.03. The highest BCUT2D eigenvalue weighted by atomic mass is 35.5. The van der Waals surface area contributed by atoms with Crippen LogP contribution in [0.25, 0.3) is 0 Å². The molecule has 0 radical (unpaired) electrons. The molecule has 9 heteroatoms. The molecule has 0 heterocycles. The molecule has 0 saturated heterocycles. The largest absolute Gasteiger partial charge is 0.481 e. The Bertz CT molecular complexity index is 852. The molecule has 0 amide bonds. The molecule has 0 atom stereocenters. The van der Waals surface area contributed by atoms with Crippen molar-refractivity contribution in [3.05, 3.63) is 58.3 Å². The number of nitrogens with zero attached hydrogens (tertiary/aromatic N) is 1. The van der Waals surface area contributed by atoms with Gasteiger partial charge in [0.2, 0.25) is 0 Å². The normalized spacial score (nSPS) is 11.3. The number of carboxylic acids is 1. The summed E-state index contributed by atoms with van der Waals surface area (Å²) < 4.78 is 39.9. The van der Waals surface area contributed by atoms with Gasteiger partial charge >= 0.3 is 5.97 Å². The Morgan fingerprint density at radius 3 is 2.16 bits per heavy atom. The summed E-state index contributed by atoms with van der Waals surface area (Å²) in [5.41, 5.74) is 0.201. The third-order valence-electron chi connectivity index (χ3n) is 3.29. The Kier molecular flexibility index (Phi) is 6.26. The highest BCUT2D eigenvalue weighted by Gasteiger charge is 2.25. The fraction of sp³-hybridized carbons (Fsp3) is 0.188. The number of halogens is 3. The number of hydrogen-bond donors (Lipinski definition) is 1. The van der Waals surface area contributed by atoms with E-state index in [1.54, 1.807) is 0 Å². The van der Waals surface area contributed by atoms with Gasteiger partial charge < -0.3 is 5.11 Å². The zero-order chi connectivity index (χ0) is 18.6. The van der Waals surface area contributed by atoms with Crippen molar-refractivity contribution in [1.82, 2.24) is 0 Å². The molecule has 2 aromatic carbocycles. The van der Waals surface area contributed by atoms with Crippen molar-refractivity contribution in [3.63, 3.8) is 0 Å². The monoisotopic (exact) mass is 405 g/mol. The van der Waals surface area contributed by atoms with Gasteiger partial charge in [0.1, 0.15) is 5.82 Å². The van der Waals surface area contributed by atoms with Crippen LogP contribution in [-0.4, -0.2) is 26.0 Å². The van der Waals surface area contributed by atoms with Crippen LogP contribution in [0, 0.1) is 5.82 Å². The molecule has 0 aromatic heterocycles. The van der Waals surface area contributed by atoms with Gasteiger partial charge in [-0.15, -0.1) is 0 Å². The first-order valence-corrected chi connectivity index (χ1v) is 9.36. The molecule has 0 saturated carbocycles. The lowest BCUT2D eigenvalue weighted by Crippen LogP contribution is -2.32. The lowest BCUT2D eigenvalue weighted by Gasteiger charge is -2.25. The lowest BCUT2D eigenvalue weighted by molar-refractivity contribution is -0.137. The summed E-state index contributed by atoms with van der Waals surface area (Å²) in [4.78, 5) is 10.6. The summed E-state index contributed by atoms with van der Waals surface area (Å²) in [6.45, 7) is -0.0946. The number of rotatable bonds is 7. The van der Waals surface area contributed by atoms with Gasteiger partial charge in [-0.1, -0.05) is 23.2 Å². The molecule has 0 spiro atoms. The number of anilines is 1. The van der Waals surface area contributed by atoms with Crippen molar-refractivity contribution in [2.24, 2.45) is 0 Å².